The highest BCUT2D eigenvalue weighted by atomic mass is 15.3. The van der Waals surface area contributed by atoms with Gasteiger partial charge in [0.1, 0.15) is 0 Å². The van der Waals surface area contributed by atoms with Crippen LogP contribution in [0, 0.1) is 0 Å². The zero-order valence-electron chi connectivity index (χ0n) is 24.4. The van der Waals surface area contributed by atoms with Crippen LogP contribution in [0.2, 0.25) is 0 Å². The molecule has 5 aromatic rings. The van der Waals surface area contributed by atoms with Crippen LogP contribution >= 0.6 is 0 Å². The van der Waals surface area contributed by atoms with Crippen molar-refractivity contribution in [3.8, 4) is 11.1 Å². The number of benzene rings is 5. The van der Waals surface area contributed by atoms with Gasteiger partial charge in [-0.15, -0.1) is 0 Å². The van der Waals surface area contributed by atoms with E-state index in [9.17, 15) is 0 Å². The molecular formula is C42H32N2. The molecule has 3 unspecified atom stereocenters. The number of hydrogen-bond acceptors (Lipinski definition) is 2. The van der Waals surface area contributed by atoms with Crippen LogP contribution < -0.4 is 9.80 Å². The van der Waals surface area contributed by atoms with E-state index in [0.717, 1.165) is 6.42 Å². The molecule has 0 N–H and O–H groups in total. The van der Waals surface area contributed by atoms with Crippen LogP contribution in [0.1, 0.15) is 23.1 Å². The zero-order valence-corrected chi connectivity index (χ0v) is 24.4. The molecule has 0 saturated carbocycles. The van der Waals surface area contributed by atoms with Gasteiger partial charge in [-0.05, 0) is 64.1 Å². The van der Waals surface area contributed by atoms with Crippen molar-refractivity contribution in [2.75, 3.05) is 9.80 Å². The van der Waals surface area contributed by atoms with Gasteiger partial charge in [0.2, 0.25) is 0 Å². The fraction of sp³-hybridized carbons (Fsp3) is 0.0952. The maximum atomic E-state index is 2.72. The Morgan fingerprint density at radius 1 is 0.523 bits per heavy atom. The smallest absolute Gasteiger partial charge is 0.0844 e. The van der Waals surface area contributed by atoms with Crippen LogP contribution in [0.15, 0.2) is 164 Å². The lowest BCUT2D eigenvalue weighted by molar-refractivity contribution is 0.602. The highest BCUT2D eigenvalue weighted by molar-refractivity contribution is 6.02. The second-order valence-corrected chi connectivity index (χ2v) is 12.0. The zero-order chi connectivity index (χ0) is 29.0. The molecule has 5 aromatic carbocycles. The third-order valence-corrected chi connectivity index (χ3v) is 9.70. The molecule has 2 heteroatoms. The van der Waals surface area contributed by atoms with Crippen molar-refractivity contribution in [2.45, 2.75) is 24.5 Å². The first kappa shape index (κ1) is 25.2. The van der Waals surface area contributed by atoms with Crippen LogP contribution in [0.5, 0.6) is 0 Å². The molecule has 2 heterocycles. The summed E-state index contributed by atoms with van der Waals surface area (Å²) >= 11 is 0. The van der Waals surface area contributed by atoms with Crippen molar-refractivity contribution < 1.29 is 0 Å². The predicted octanol–water partition coefficient (Wildman–Crippen LogP) is 9.96. The van der Waals surface area contributed by atoms with Crippen molar-refractivity contribution in [1.29, 1.82) is 0 Å². The minimum atomic E-state index is 0.152. The van der Waals surface area contributed by atoms with E-state index in [0.29, 0.717) is 0 Å². The van der Waals surface area contributed by atoms with Crippen molar-refractivity contribution in [3.05, 3.63) is 181 Å². The fourth-order valence-corrected chi connectivity index (χ4v) is 7.78. The van der Waals surface area contributed by atoms with E-state index in [-0.39, 0.29) is 18.1 Å². The lowest BCUT2D eigenvalue weighted by Gasteiger charge is -2.43. The summed E-state index contributed by atoms with van der Waals surface area (Å²) in [5, 5.41) is 0. The van der Waals surface area contributed by atoms with Crippen LogP contribution in [-0.4, -0.2) is 18.1 Å². The summed E-state index contributed by atoms with van der Waals surface area (Å²) in [6, 6.07) is 49.1. The molecule has 0 saturated heterocycles. The van der Waals surface area contributed by atoms with Gasteiger partial charge in [0.25, 0.3) is 0 Å². The Labute approximate surface area is 259 Å². The van der Waals surface area contributed by atoms with Gasteiger partial charge in [-0.2, -0.15) is 0 Å². The normalized spacial score (nSPS) is 21.1. The average molecular weight is 565 g/mol. The first-order chi connectivity index (χ1) is 21.8. The molecule has 4 aliphatic rings. The summed E-state index contributed by atoms with van der Waals surface area (Å²) in [5.41, 5.74) is 14.4. The summed E-state index contributed by atoms with van der Waals surface area (Å²) in [6.07, 6.45) is 12.9. The Bertz CT molecular complexity index is 2010. The first-order valence-corrected chi connectivity index (χ1v) is 15.6. The van der Waals surface area contributed by atoms with Crippen LogP contribution in [0.3, 0.4) is 0 Å². The Morgan fingerprint density at radius 2 is 1.14 bits per heavy atom. The van der Waals surface area contributed by atoms with E-state index < -0.39 is 0 Å². The van der Waals surface area contributed by atoms with Crippen LogP contribution in [-0.2, 0) is 0 Å². The van der Waals surface area contributed by atoms with Gasteiger partial charge in [0.05, 0.1) is 18.1 Å². The van der Waals surface area contributed by atoms with E-state index in [1.54, 1.807) is 0 Å². The Balaban J connectivity index is 1.17. The molecule has 0 radical (unpaired) electrons. The lowest BCUT2D eigenvalue weighted by Crippen LogP contribution is -2.51. The topological polar surface area (TPSA) is 6.48 Å². The third kappa shape index (κ3) is 3.88. The van der Waals surface area contributed by atoms with Crippen molar-refractivity contribution in [3.63, 3.8) is 0 Å². The molecule has 3 atom stereocenters. The van der Waals surface area contributed by atoms with Gasteiger partial charge in [0, 0.05) is 28.2 Å². The molecule has 44 heavy (non-hydrogen) atoms. The quantitative estimate of drug-likeness (QED) is 0.214. The number of allylic oxidation sites excluding steroid dienone is 4. The summed E-state index contributed by atoms with van der Waals surface area (Å²) in [7, 11) is 0. The van der Waals surface area contributed by atoms with Gasteiger partial charge < -0.3 is 9.80 Å². The number of fused-ring (bicyclic) bond motifs is 7. The van der Waals surface area contributed by atoms with Gasteiger partial charge >= 0.3 is 0 Å². The molecule has 0 aromatic heterocycles. The minimum absolute atomic E-state index is 0.152. The Hall–Kier alpha value is -5.34. The molecule has 2 aliphatic carbocycles. The number of hydrogen-bond donors (Lipinski definition) is 0. The largest absolute Gasteiger partial charge is 0.355 e. The Morgan fingerprint density at radius 3 is 1.86 bits per heavy atom. The SMILES string of the molecule is C1=CC(N2c3ccccc3C3=CC=C4c5ccccc5N(c5cccc(-c6ccccc6)c5)C4C32)CC=C1c1ccccc1. The molecule has 0 amide bonds. The molecule has 0 fully saturated rings. The summed E-state index contributed by atoms with van der Waals surface area (Å²) in [5.74, 6) is 0. The van der Waals surface area contributed by atoms with Crippen LogP contribution in [0.4, 0.5) is 17.1 Å². The van der Waals surface area contributed by atoms with Gasteiger partial charge in [-0.3, -0.25) is 0 Å². The van der Waals surface area contributed by atoms with E-state index in [4.69, 9.17) is 0 Å². The van der Waals surface area contributed by atoms with Crippen molar-refractivity contribution in [2.24, 2.45) is 0 Å². The van der Waals surface area contributed by atoms with E-state index >= 15 is 0 Å². The maximum Gasteiger partial charge on any atom is 0.0844 e. The summed E-state index contributed by atoms with van der Waals surface area (Å²) in [4.78, 5) is 5.33. The van der Waals surface area contributed by atoms with Gasteiger partial charge in [-0.1, -0.05) is 140 Å². The number of rotatable bonds is 4. The van der Waals surface area contributed by atoms with Crippen LogP contribution in [0.25, 0.3) is 27.8 Å². The highest BCUT2D eigenvalue weighted by Gasteiger charge is 2.50. The van der Waals surface area contributed by atoms with Gasteiger partial charge in [0.15, 0.2) is 0 Å². The van der Waals surface area contributed by atoms with E-state index in [1.165, 1.54) is 61.6 Å². The molecule has 0 spiro atoms. The molecular weight excluding hydrogens is 532 g/mol. The monoisotopic (exact) mass is 564 g/mol. The van der Waals surface area contributed by atoms with Gasteiger partial charge in [-0.25, -0.2) is 0 Å². The molecule has 2 nitrogen and oxygen atoms in total. The Kier molecular flexibility index (Phi) is 5.80. The minimum Gasteiger partial charge on any atom is -0.355 e. The van der Waals surface area contributed by atoms with E-state index in [1.807, 2.05) is 0 Å². The second-order valence-electron chi connectivity index (χ2n) is 12.0. The standard InChI is InChI=1S/C42H32N2/c1-3-12-29(13-4-1)31-22-24-33(25-23-31)43-39-20-9-7-18-35(39)37-26-27-38-36-19-8-10-21-40(36)44(42(38)41(37)43)34-17-11-16-32(28-34)30-14-5-2-6-15-30/h1-24,26-28,33,41-42H,25H2. The third-order valence-electron chi connectivity index (χ3n) is 9.70. The fourth-order valence-electron chi connectivity index (χ4n) is 7.78. The predicted molar refractivity (Wildman–Crippen MR) is 185 cm³/mol. The number of anilines is 3. The maximum absolute atomic E-state index is 2.72. The average Bonchev–Trinajstić information content (AvgIpc) is 3.62. The lowest BCUT2D eigenvalue weighted by atomic mass is 9.85. The number of nitrogens with zero attached hydrogens (tertiary/aromatic N) is 2. The van der Waals surface area contributed by atoms with Crippen molar-refractivity contribution >= 4 is 33.8 Å². The highest BCUT2D eigenvalue weighted by Crippen LogP contribution is 2.55. The number of para-hydroxylation sites is 2. The molecule has 0 bridgehead atoms. The van der Waals surface area contributed by atoms with Crippen molar-refractivity contribution in [1.82, 2.24) is 0 Å². The molecule has 2 aliphatic heterocycles. The van der Waals surface area contributed by atoms with E-state index in [2.05, 4.69) is 174 Å². The summed E-state index contributed by atoms with van der Waals surface area (Å²) < 4.78 is 0. The first-order valence-electron chi connectivity index (χ1n) is 15.6. The molecule has 210 valence electrons. The molecule has 9 rings (SSSR count). The second kappa shape index (κ2) is 10.1. The summed E-state index contributed by atoms with van der Waals surface area (Å²) in [6.45, 7) is 0.